The molecule has 1 amide bonds. The van der Waals surface area contributed by atoms with Crippen LogP contribution in [-0.2, 0) is 0 Å². The van der Waals surface area contributed by atoms with E-state index in [-0.39, 0.29) is 17.3 Å². The molecular formula is C16H16N8O2. The van der Waals surface area contributed by atoms with Crippen molar-refractivity contribution >= 4 is 23.5 Å². The first-order chi connectivity index (χ1) is 12.6. The van der Waals surface area contributed by atoms with Crippen molar-refractivity contribution < 1.29 is 9.42 Å². The molecule has 10 nitrogen and oxygen atoms in total. The number of amides is 1. The topological polar surface area (TPSA) is 137 Å². The maximum absolute atomic E-state index is 12.5. The van der Waals surface area contributed by atoms with E-state index >= 15 is 0 Å². The number of aromatic nitrogens is 5. The fourth-order valence-electron chi connectivity index (χ4n) is 2.11. The number of anilines is 1. The lowest BCUT2D eigenvalue weighted by Gasteiger charge is -2.03. The molecule has 0 fully saturated rings. The van der Waals surface area contributed by atoms with Gasteiger partial charge in [0.25, 0.3) is 5.91 Å². The average molecular weight is 352 g/mol. The Bertz CT molecular complexity index is 971. The average Bonchev–Trinajstić information content (AvgIpc) is 3.24. The van der Waals surface area contributed by atoms with Crippen LogP contribution >= 0.6 is 0 Å². The Morgan fingerprint density at radius 2 is 2.08 bits per heavy atom. The van der Waals surface area contributed by atoms with Crippen LogP contribution in [0.1, 0.15) is 28.7 Å². The number of nitrogen functional groups attached to an aromatic ring is 1. The first-order valence-electron chi connectivity index (χ1n) is 7.64. The lowest BCUT2D eigenvalue weighted by Crippen LogP contribution is -2.23. The maximum atomic E-state index is 12.5. The quantitative estimate of drug-likeness (QED) is 0.522. The van der Waals surface area contributed by atoms with Crippen LogP contribution in [0, 0.1) is 6.92 Å². The fourth-order valence-corrected chi connectivity index (χ4v) is 2.11. The monoisotopic (exact) mass is 352 g/mol. The molecule has 3 aromatic rings. The summed E-state index contributed by atoms with van der Waals surface area (Å²) >= 11 is 0. The number of aryl methyl sites for hydroxylation is 1. The van der Waals surface area contributed by atoms with Gasteiger partial charge in [0.15, 0.2) is 5.69 Å². The van der Waals surface area contributed by atoms with Crippen LogP contribution in [0.3, 0.4) is 0 Å². The molecule has 132 valence electrons. The van der Waals surface area contributed by atoms with Gasteiger partial charge in [-0.15, -0.1) is 5.10 Å². The third-order valence-corrected chi connectivity index (χ3v) is 3.40. The van der Waals surface area contributed by atoms with Gasteiger partial charge in [-0.1, -0.05) is 41.6 Å². The van der Waals surface area contributed by atoms with E-state index in [1.807, 2.05) is 36.4 Å². The Hall–Kier alpha value is -3.82. The summed E-state index contributed by atoms with van der Waals surface area (Å²) in [5, 5.41) is 18.8. The largest absolute Gasteiger partial charge is 0.378 e. The van der Waals surface area contributed by atoms with Crippen molar-refractivity contribution in [2.75, 3.05) is 5.73 Å². The molecule has 26 heavy (non-hydrogen) atoms. The molecule has 1 aromatic carbocycles. The van der Waals surface area contributed by atoms with E-state index in [1.165, 1.54) is 0 Å². The highest BCUT2D eigenvalue weighted by Gasteiger charge is 2.22. The zero-order valence-corrected chi connectivity index (χ0v) is 14.1. The van der Waals surface area contributed by atoms with Crippen molar-refractivity contribution in [3.63, 3.8) is 0 Å². The lowest BCUT2D eigenvalue weighted by atomic mass is 10.2. The molecule has 0 aliphatic carbocycles. The predicted molar refractivity (Wildman–Crippen MR) is 94.4 cm³/mol. The number of allylic oxidation sites excluding steroid dienone is 1. The van der Waals surface area contributed by atoms with Gasteiger partial charge in [0, 0.05) is 0 Å². The Kier molecular flexibility index (Phi) is 4.83. The molecule has 0 radical (unpaired) electrons. The minimum Gasteiger partial charge on any atom is -0.378 e. The minimum absolute atomic E-state index is 0.00516. The van der Waals surface area contributed by atoms with Crippen molar-refractivity contribution in [1.29, 1.82) is 0 Å². The van der Waals surface area contributed by atoms with E-state index in [1.54, 1.807) is 19.9 Å². The van der Waals surface area contributed by atoms with Crippen molar-refractivity contribution in [2.24, 2.45) is 5.10 Å². The molecule has 10 heteroatoms. The summed E-state index contributed by atoms with van der Waals surface area (Å²) in [4.78, 5) is 12.5. The Labute approximate surface area is 148 Å². The summed E-state index contributed by atoms with van der Waals surface area (Å²) in [6.45, 7) is 3.40. The zero-order chi connectivity index (χ0) is 18.5. The van der Waals surface area contributed by atoms with Crippen molar-refractivity contribution in [3.05, 3.63) is 53.4 Å². The molecule has 0 saturated heterocycles. The van der Waals surface area contributed by atoms with E-state index in [0.29, 0.717) is 11.4 Å². The van der Waals surface area contributed by atoms with Crippen LogP contribution in [0.25, 0.3) is 11.9 Å². The van der Waals surface area contributed by atoms with Crippen molar-refractivity contribution in [1.82, 2.24) is 30.7 Å². The van der Waals surface area contributed by atoms with Crippen LogP contribution in [0.5, 0.6) is 0 Å². The van der Waals surface area contributed by atoms with E-state index in [0.717, 1.165) is 10.2 Å². The molecule has 3 N–H and O–H groups in total. The Balaban J connectivity index is 1.76. The third kappa shape index (κ3) is 3.64. The highest BCUT2D eigenvalue weighted by atomic mass is 16.6. The summed E-state index contributed by atoms with van der Waals surface area (Å²) in [6, 6.07) is 9.75. The van der Waals surface area contributed by atoms with E-state index in [9.17, 15) is 4.79 Å². The summed E-state index contributed by atoms with van der Waals surface area (Å²) in [6.07, 6.45) is 3.68. The van der Waals surface area contributed by atoms with Gasteiger partial charge in [-0.2, -0.15) is 9.78 Å². The third-order valence-electron chi connectivity index (χ3n) is 3.40. The Morgan fingerprint density at radius 3 is 2.77 bits per heavy atom. The number of nitrogens with two attached hydrogens (primary N) is 1. The summed E-state index contributed by atoms with van der Waals surface area (Å²) in [7, 11) is 0. The van der Waals surface area contributed by atoms with Gasteiger partial charge in [0.05, 0.1) is 11.4 Å². The van der Waals surface area contributed by atoms with Crippen molar-refractivity contribution in [2.45, 2.75) is 13.8 Å². The fraction of sp³-hybridized carbons (Fsp3) is 0.125. The number of hydrazone groups is 1. The van der Waals surface area contributed by atoms with E-state index < -0.39 is 5.91 Å². The molecule has 0 aliphatic rings. The summed E-state index contributed by atoms with van der Waals surface area (Å²) < 4.78 is 5.69. The molecule has 0 aliphatic heterocycles. The molecule has 3 rings (SSSR count). The Morgan fingerprint density at radius 1 is 1.31 bits per heavy atom. The number of rotatable bonds is 5. The SMILES string of the molecule is CC(C=Cc1ccccc1)=NNC(=O)c1c(C)nnn1-c1nonc1N. The molecule has 0 unspecified atom stereocenters. The van der Waals surface area contributed by atoms with Crippen LogP contribution in [-0.4, -0.2) is 36.9 Å². The molecule has 0 atom stereocenters. The standard InChI is InChI=1S/C16H16N8O2/c1-10(8-9-12-6-4-3-5-7-12)18-20-16(25)13-11(2)19-23-24(13)15-14(17)21-26-22-15/h3-9H,1-2H3,(H2,17,21)(H,20,25). The first-order valence-corrected chi connectivity index (χ1v) is 7.64. The summed E-state index contributed by atoms with van der Waals surface area (Å²) in [5.41, 5.74) is 10.3. The maximum Gasteiger partial charge on any atom is 0.292 e. The first kappa shape index (κ1) is 17.0. The van der Waals surface area contributed by atoms with E-state index in [4.69, 9.17) is 5.73 Å². The van der Waals surface area contributed by atoms with Gasteiger partial charge < -0.3 is 5.73 Å². The number of hydrogen-bond donors (Lipinski definition) is 2. The number of carbonyl (C=O) groups is 1. The molecular weight excluding hydrogens is 336 g/mol. The summed E-state index contributed by atoms with van der Waals surface area (Å²) in [5.74, 6) is -0.433. The van der Waals surface area contributed by atoms with Crippen LogP contribution in [0.2, 0.25) is 0 Å². The molecule has 0 spiro atoms. The van der Waals surface area contributed by atoms with Crippen LogP contribution < -0.4 is 11.2 Å². The number of nitrogens with zero attached hydrogens (tertiary/aromatic N) is 6. The van der Waals surface area contributed by atoms with Crippen LogP contribution in [0.4, 0.5) is 5.82 Å². The molecule has 2 heterocycles. The van der Waals surface area contributed by atoms with E-state index in [2.05, 4.69) is 35.8 Å². The second-order valence-corrected chi connectivity index (χ2v) is 5.35. The predicted octanol–water partition coefficient (Wildman–Crippen LogP) is 1.36. The zero-order valence-electron chi connectivity index (χ0n) is 14.1. The van der Waals surface area contributed by atoms with Gasteiger partial charge in [0.1, 0.15) is 0 Å². The second-order valence-electron chi connectivity index (χ2n) is 5.35. The highest BCUT2D eigenvalue weighted by molar-refractivity contribution is 5.99. The molecule has 2 aromatic heterocycles. The van der Waals surface area contributed by atoms with Gasteiger partial charge in [0.2, 0.25) is 11.6 Å². The molecule has 0 saturated carbocycles. The molecule has 0 bridgehead atoms. The number of carbonyl (C=O) groups excluding carboxylic acids is 1. The smallest absolute Gasteiger partial charge is 0.292 e. The minimum atomic E-state index is -0.512. The van der Waals surface area contributed by atoms with Crippen LogP contribution in [0.15, 0.2) is 46.1 Å². The van der Waals surface area contributed by atoms with Gasteiger partial charge >= 0.3 is 0 Å². The van der Waals surface area contributed by atoms with Gasteiger partial charge in [-0.05, 0) is 35.8 Å². The van der Waals surface area contributed by atoms with Crippen molar-refractivity contribution in [3.8, 4) is 5.82 Å². The normalized spacial score (nSPS) is 11.8. The van der Waals surface area contributed by atoms with Gasteiger partial charge in [-0.3, -0.25) is 4.79 Å². The lowest BCUT2D eigenvalue weighted by molar-refractivity contribution is 0.0946. The van der Waals surface area contributed by atoms with Gasteiger partial charge in [-0.25, -0.2) is 10.1 Å². The number of nitrogens with one attached hydrogen (secondary N) is 1. The second kappa shape index (κ2) is 7.38. The number of benzene rings is 1. The highest BCUT2D eigenvalue weighted by Crippen LogP contribution is 2.14. The number of hydrogen-bond acceptors (Lipinski definition) is 8.